The number of nitrogens with zero attached hydrogens (tertiary/aromatic N) is 2. The summed E-state index contributed by atoms with van der Waals surface area (Å²) >= 11 is 0. The van der Waals surface area contributed by atoms with E-state index in [2.05, 4.69) is 25.8 Å². The zero-order valence-corrected chi connectivity index (χ0v) is 11.5. The van der Waals surface area contributed by atoms with Crippen LogP contribution >= 0.6 is 0 Å². The molecule has 1 aromatic carbocycles. The van der Waals surface area contributed by atoms with E-state index in [1.807, 2.05) is 6.07 Å². The Morgan fingerprint density at radius 1 is 1.48 bits per heavy atom. The number of aliphatic hydroxyl groups excluding tert-OH is 2. The summed E-state index contributed by atoms with van der Waals surface area (Å²) in [6.45, 7) is 1.38. The molecule has 0 bridgehead atoms. The van der Waals surface area contributed by atoms with E-state index in [1.54, 1.807) is 25.1 Å². The first-order valence-corrected chi connectivity index (χ1v) is 6.41. The Hall–Kier alpha value is -2.45. The van der Waals surface area contributed by atoms with E-state index in [0.717, 1.165) is 5.56 Å². The molecule has 1 atom stereocenters. The number of aromatic nitrogens is 3. The summed E-state index contributed by atoms with van der Waals surface area (Å²) in [6, 6.07) is 6.61. The maximum atomic E-state index is 11.6. The predicted molar refractivity (Wildman–Crippen MR) is 76.7 cm³/mol. The summed E-state index contributed by atoms with van der Waals surface area (Å²) in [6.07, 6.45) is -0.974. The summed E-state index contributed by atoms with van der Waals surface area (Å²) < 4.78 is 0. The highest BCUT2D eigenvalue weighted by Crippen LogP contribution is 2.19. The van der Waals surface area contributed by atoms with Crippen molar-refractivity contribution in [2.45, 2.75) is 13.0 Å². The summed E-state index contributed by atoms with van der Waals surface area (Å²) in [5.74, 6) is 1.26. The molecular formula is C13H17N5O3. The van der Waals surface area contributed by atoms with Crippen LogP contribution in [0, 0.1) is 6.92 Å². The molecule has 0 saturated heterocycles. The molecule has 0 aliphatic heterocycles. The van der Waals surface area contributed by atoms with Gasteiger partial charge in [0, 0.05) is 17.8 Å². The number of benzene rings is 1. The Morgan fingerprint density at radius 3 is 2.95 bits per heavy atom. The molecule has 1 heterocycles. The normalized spacial score (nSPS) is 12.0. The van der Waals surface area contributed by atoms with Crippen LogP contribution in [-0.4, -0.2) is 50.7 Å². The van der Waals surface area contributed by atoms with Gasteiger partial charge < -0.3 is 20.8 Å². The Morgan fingerprint density at radius 2 is 2.29 bits per heavy atom. The summed E-state index contributed by atoms with van der Waals surface area (Å²) in [7, 11) is 0. The largest absolute Gasteiger partial charge is 0.394 e. The molecule has 2 rings (SSSR count). The van der Waals surface area contributed by atoms with Crippen LogP contribution in [0.1, 0.15) is 5.82 Å². The minimum Gasteiger partial charge on any atom is -0.394 e. The Labute approximate surface area is 121 Å². The van der Waals surface area contributed by atoms with Crippen LogP contribution < -0.4 is 10.6 Å². The number of amides is 2. The van der Waals surface area contributed by atoms with Crippen molar-refractivity contribution in [1.29, 1.82) is 0 Å². The van der Waals surface area contributed by atoms with Crippen LogP contribution in [-0.2, 0) is 0 Å². The second kappa shape index (κ2) is 6.82. The van der Waals surface area contributed by atoms with Crippen molar-refractivity contribution >= 4 is 11.7 Å². The molecule has 0 saturated carbocycles. The van der Waals surface area contributed by atoms with E-state index in [0.29, 0.717) is 17.3 Å². The number of H-pyrrole nitrogens is 1. The van der Waals surface area contributed by atoms with Gasteiger partial charge in [0.15, 0.2) is 5.82 Å². The van der Waals surface area contributed by atoms with E-state index in [4.69, 9.17) is 10.2 Å². The van der Waals surface area contributed by atoms with E-state index in [1.165, 1.54) is 0 Å². The molecule has 2 aromatic rings. The number of nitrogens with one attached hydrogen (secondary N) is 3. The Kier molecular flexibility index (Phi) is 4.85. The molecule has 8 heteroatoms. The average molecular weight is 291 g/mol. The molecule has 0 radical (unpaired) electrons. The number of rotatable bonds is 5. The topological polar surface area (TPSA) is 123 Å². The van der Waals surface area contributed by atoms with Crippen molar-refractivity contribution in [3.63, 3.8) is 0 Å². The van der Waals surface area contributed by atoms with Crippen molar-refractivity contribution in [2.24, 2.45) is 0 Å². The lowest BCUT2D eigenvalue weighted by Gasteiger charge is -2.10. The molecule has 1 unspecified atom stereocenters. The lowest BCUT2D eigenvalue weighted by Crippen LogP contribution is -2.36. The Bertz CT molecular complexity index is 613. The first kappa shape index (κ1) is 14.9. The second-order valence-electron chi connectivity index (χ2n) is 4.50. The third kappa shape index (κ3) is 4.26. The van der Waals surface area contributed by atoms with E-state index in [9.17, 15) is 4.79 Å². The van der Waals surface area contributed by atoms with Crippen LogP contribution in [0.15, 0.2) is 24.3 Å². The molecule has 112 valence electrons. The number of hydrogen-bond acceptors (Lipinski definition) is 5. The highest BCUT2D eigenvalue weighted by molar-refractivity contribution is 5.89. The van der Waals surface area contributed by atoms with Gasteiger partial charge in [0.2, 0.25) is 0 Å². The van der Waals surface area contributed by atoms with Gasteiger partial charge in [0.25, 0.3) is 0 Å². The second-order valence-corrected chi connectivity index (χ2v) is 4.50. The zero-order chi connectivity index (χ0) is 15.2. The van der Waals surface area contributed by atoms with Gasteiger partial charge in [0.1, 0.15) is 5.82 Å². The monoisotopic (exact) mass is 291 g/mol. The third-order valence-corrected chi connectivity index (χ3v) is 2.68. The van der Waals surface area contributed by atoms with Crippen LogP contribution in [0.4, 0.5) is 10.5 Å². The van der Waals surface area contributed by atoms with Crippen LogP contribution in [0.2, 0.25) is 0 Å². The van der Waals surface area contributed by atoms with Gasteiger partial charge in [-0.3, -0.25) is 5.10 Å². The van der Waals surface area contributed by atoms with Gasteiger partial charge in [-0.25, -0.2) is 9.78 Å². The standard InChI is InChI=1S/C13H17N5O3/c1-8-15-12(18-17-8)9-3-2-4-10(5-9)16-13(21)14-6-11(20)7-19/h2-5,11,19-20H,6-7H2,1H3,(H2,14,16,21)(H,15,17,18). The van der Waals surface area contributed by atoms with E-state index >= 15 is 0 Å². The first-order valence-electron chi connectivity index (χ1n) is 6.41. The number of aliphatic hydroxyl groups is 2. The average Bonchev–Trinajstić information content (AvgIpc) is 2.91. The summed E-state index contributed by atoms with van der Waals surface area (Å²) in [5, 5.41) is 29.7. The number of anilines is 1. The first-order chi connectivity index (χ1) is 10.1. The number of aromatic amines is 1. The molecule has 2 amide bonds. The van der Waals surface area contributed by atoms with Gasteiger partial charge in [-0.15, -0.1) is 0 Å². The smallest absolute Gasteiger partial charge is 0.319 e. The number of hydrogen-bond donors (Lipinski definition) is 5. The molecule has 8 nitrogen and oxygen atoms in total. The van der Waals surface area contributed by atoms with Crippen LogP contribution in [0.3, 0.4) is 0 Å². The van der Waals surface area contributed by atoms with Crippen molar-refractivity contribution < 1.29 is 15.0 Å². The number of carbonyl (C=O) groups excluding carboxylic acids is 1. The van der Waals surface area contributed by atoms with Gasteiger partial charge >= 0.3 is 6.03 Å². The minimum atomic E-state index is -0.974. The number of urea groups is 1. The maximum absolute atomic E-state index is 11.6. The fourth-order valence-electron chi connectivity index (χ4n) is 1.66. The van der Waals surface area contributed by atoms with Crippen molar-refractivity contribution in [3.8, 4) is 11.4 Å². The molecule has 0 aliphatic carbocycles. The molecule has 0 spiro atoms. The van der Waals surface area contributed by atoms with E-state index in [-0.39, 0.29) is 6.54 Å². The molecule has 0 fully saturated rings. The van der Waals surface area contributed by atoms with Crippen molar-refractivity contribution in [1.82, 2.24) is 20.5 Å². The highest BCUT2D eigenvalue weighted by atomic mass is 16.3. The molecule has 0 aliphatic rings. The van der Waals surface area contributed by atoms with Gasteiger partial charge in [0.05, 0.1) is 12.7 Å². The van der Waals surface area contributed by atoms with Gasteiger partial charge in [-0.1, -0.05) is 12.1 Å². The van der Waals surface area contributed by atoms with Crippen LogP contribution in [0.5, 0.6) is 0 Å². The number of aryl methyl sites for hydroxylation is 1. The highest BCUT2D eigenvalue weighted by Gasteiger charge is 2.08. The van der Waals surface area contributed by atoms with Crippen molar-refractivity contribution in [2.75, 3.05) is 18.5 Å². The predicted octanol–water partition coefficient (Wildman–Crippen LogP) is 0.255. The fourth-order valence-corrected chi connectivity index (χ4v) is 1.66. The SMILES string of the molecule is Cc1nc(-c2cccc(NC(=O)NCC(O)CO)c2)n[nH]1. The fraction of sp³-hybridized carbons (Fsp3) is 0.308. The third-order valence-electron chi connectivity index (χ3n) is 2.68. The lowest BCUT2D eigenvalue weighted by atomic mass is 10.2. The van der Waals surface area contributed by atoms with Crippen LogP contribution in [0.25, 0.3) is 11.4 Å². The van der Waals surface area contributed by atoms with E-state index < -0.39 is 18.7 Å². The van der Waals surface area contributed by atoms with Crippen molar-refractivity contribution in [3.05, 3.63) is 30.1 Å². The molecule has 5 N–H and O–H groups in total. The molecule has 1 aromatic heterocycles. The minimum absolute atomic E-state index is 0.0257. The molecular weight excluding hydrogens is 274 g/mol. The Balaban J connectivity index is 1.99. The lowest BCUT2D eigenvalue weighted by molar-refractivity contribution is 0.0965. The summed E-state index contributed by atoms with van der Waals surface area (Å²) in [4.78, 5) is 15.8. The zero-order valence-electron chi connectivity index (χ0n) is 11.5. The maximum Gasteiger partial charge on any atom is 0.319 e. The summed E-state index contributed by atoms with van der Waals surface area (Å²) in [5.41, 5.74) is 1.35. The van der Waals surface area contributed by atoms with Gasteiger partial charge in [-0.05, 0) is 19.1 Å². The van der Waals surface area contributed by atoms with Gasteiger partial charge in [-0.2, -0.15) is 5.10 Å². The quantitative estimate of drug-likeness (QED) is 0.540. The molecule has 21 heavy (non-hydrogen) atoms. The number of carbonyl (C=O) groups is 1.